The maximum Gasteiger partial charge on any atom is -0.0184 e. The van der Waals surface area contributed by atoms with E-state index in [0.717, 1.165) is 11.8 Å². The lowest BCUT2D eigenvalue weighted by Gasteiger charge is -2.24. The molecule has 2 aromatic rings. The first-order chi connectivity index (χ1) is 15.7. The molecule has 1 atom stereocenters. The standard InChI is InChI=1S/C32H46/c1-4-7-8-9-10-11-27-14-18-29(19-15-27)31-22-24-32(25-23-31)30-20-16-28(17-21-30)13-12-26(5-2)6-3/h14-15,18-20,22-26,28H,4-13,16-17,21H2,1-3H3. The van der Waals surface area contributed by atoms with Crippen LogP contribution in [0.1, 0.15) is 109 Å². The summed E-state index contributed by atoms with van der Waals surface area (Å²) >= 11 is 0. The normalized spacial score (nSPS) is 16.4. The molecular weight excluding hydrogens is 384 g/mol. The predicted octanol–water partition coefficient (Wildman–Crippen LogP) is 10.3. The van der Waals surface area contributed by atoms with E-state index in [4.69, 9.17) is 0 Å². The first-order valence-electron chi connectivity index (χ1n) is 13.6. The van der Waals surface area contributed by atoms with Gasteiger partial charge in [-0.3, -0.25) is 0 Å². The molecule has 2 aromatic carbocycles. The second-order valence-corrected chi connectivity index (χ2v) is 10.1. The second-order valence-electron chi connectivity index (χ2n) is 10.1. The fourth-order valence-electron chi connectivity index (χ4n) is 5.25. The molecular formula is C32H46. The Bertz CT molecular complexity index is 789. The Labute approximate surface area is 198 Å². The van der Waals surface area contributed by atoms with E-state index in [2.05, 4.69) is 75.4 Å². The lowest BCUT2D eigenvalue weighted by Crippen LogP contribution is -2.08. The fourth-order valence-corrected chi connectivity index (χ4v) is 5.25. The van der Waals surface area contributed by atoms with Gasteiger partial charge in [-0.1, -0.05) is 120 Å². The minimum atomic E-state index is 0.906. The number of hydrogen-bond donors (Lipinski definition) is 0. The minimum Gasteiger partial charge on any atom is -0.0804 e. The molecule has 0 fully saturated rings. The van der Waals surface area contributed by atoms with Crippen LogP contribution in [0.2, 0.25) is 0 Å². The van der Waals surface area contributed by atoms with Crippen molar-refractivity contribution in [2.75, 3.05) is 0 Å². The van der Waals surface area contributed by atoms with Gasteiger partial charge >= 0.3 is 0 Å². The van der Waals surface area contributed by atoms with Crippen molar-refractivity contribution in [1.82, 2.24) is 0 Å². The van der Waals surface area contributed by atoms with Crippen molar-refractivity contribution < 1.29 is 0 Å². The third-order valence-electron chi connectivity index (χ3n) is 7.77. The van der Waals surface area contributed by atoms with Gasteiger partial charge in [0.1, 0.15) is 0 Å². The average Bonchev–Trinajstić information content (AvgIpc) is 2.85. The third-order valence-corrected chi connectivity index (χ3v) is 7.77. The van der Waals surface area contributed by atoms with E-state index in [9.17, 15) is 0 Å². The highest BCUT2D eigenvalue weighted by Crippen LogP contribution is 2.34. The van der Waals surface area contributed by atoms with Gasteiger partial charge in [-0.05, 0) is 78.2 Å². The quantitative estimate of drug-likeness (QED) is 0.277. The fraction of sp³-hybridized carbons (Fsp3) is 0.562. The highest BCUT2D eigenvalue weighted by Gasteiger charge is 2.17. The average molecular weight is 431 g/mol. The molecule has 1 aliphatic rings. The van der Waals surface area contributed by atoms with Gasteiger partial charge in [0.25, 0.3) is 0 Å². The molecule has 0 saturated heterocycles. The van der Waals surface area contributed by atoms with Crippen LogP contribution in [0.5, 0.6) is 0 Å². The molecule has 0 spiro atoms. The highest BCUT2D eigenvalue weighted by molar-refractivity contribution is 5.71. The first-order valence-corrected chi connectivity index (χ1v) is 13.6. The van der Waals surface area contributed by atoms with Crippen LogP contribution in [0.3, 0.4) is 0 Å². The summed E-state index contributed by atoms with van der Waals surface area (Å²) in [6, 6.07) is 18.6. The maximum absolute atomic E-state index is 2.53. The summed E-state index contributed by atoms with van der Waals surface area (Å²) in [6.07, 6.45) is 20.0. The van der Waals surface area contributed by atoms with Crippen molar-refractivity contribution >= 4 is 5.57 Å². The van der Waals surface area contributed by atoms with E-state index in [1.807, 2.05) is 0 Å². The molecule has 174 valence electrons. The maximum atomic E-state index is 2.53. The van der Waals surface area contributed by atoms with Crippen LogP contribution in [0.4, 0.5) is 0 Å². The summed E-state index contributed by atoms with van der Waals surface area (Å²) in [7, 11) is 0. The van der Waals surface area contributed by atoms with Crippen LogP contribution >= 0.6 is 0 Å². The Morgan fingerprint density at radius 2 is 1.38 bits per heavy atom. The topological polar surface area (TPSA) is 0 Å². The summed E-state index contributed by atoms with van der Waals surface area (Å²) in [6.45, 7) is 6.98. The first kappa shape index (κ1) is 24.8. The summed E-state index contributed by atoms with van der Waals surface area (Å²) in [5.74, 6) is 1.84. The molecule has 0 aliphatic heterocycles. The number of benzene rings is 2. The number of allylic oxidation sites excluding steroid dienone is 2. The van der Waals surface area contributed by atoms with Crippen molar-refractivity contribution in [2.45, 2.75) is 104 Å². The molecule has 0 bridgehead atoms. The lowest BCUT2D eigenvalue weighted by molar-refractivity contribution is 0.361. The molecule has 0 saturated carbocycles. The van der Waals surface area contributed by atoms with Gasteiger partial charge in [-0.2, -0.15) is 0 Å². The summed E-state index contributed by atoms with van der Waals surface area (Å²) in [5, 5.41) is 0. The van der Waals surface area contributed by atoms with Gasteiger partial charge in [0.05, 0.1) is 0 Å². The molecule has 32 heavy (non-hydrogen) atoms. The lowest BCUT2D eigenvalue weighted by atomic mass is 9.82. The van der Waals surface area contributed by atoms with E-state index >= 15 is 0 Å². The molecule has 0 radical (unpaired) electrons. The molecule has 0 amide bonds. The van der Waals surface area contributed by atoms with Gasteiger partial charge < -0.3 is 0 Å². The Balaban J connectivity index is 1.49. The summed E-state index contributed by atoms with van der Waals surface area (Å²) in [4.78, 5) is 0. The molecule has 3 rings (SSSR count). The van der Waals surface area contributed by atoms with E-state index in [1.54, 1.807) is 5.57 Å². The third kappa shape index (κ3) is 7.65. The largest absolute Gasteiger partial charge is 0.0804 e. The molecule has 0 nitrogen and oxygen atoms in total. The van der Waals surface area contributed by atoms with Crippen LogP contribution in [0.25, 0.3) is 16.7 Å². The molecule has 0 aromatic heterocycles. The Hall–Kier alpha value is -1.82. The van der Waals surface area contributed by atoms with Crippen molar-refractivity contribution in [3.63, 3.8) is 0 Å². The van der Waals surface area contributed by atoms with Crippen molar-refractivity contribution in [1.29, 1.82) is 0 Å². The zero-order valence-corrected chi connectivity index (χ0v) is 21.0. The zero-order chi connectivity index (χ0) is 22.6. The Morgan fingerprint density at radius 3 is 1.97 bits per heavy atom. The number of unbranched alkanes of at least 4 members (excludes halogenated alkanes) is 4. The predicted molar refractivity (Wildman–Crippen MR) is 143 cm³/mol. The highest BCUT2D eigenvalue weighted by atomic mass is 14.2. The molecule has 1 aliphatic carbocycles. The number of hydrogen-bond acceptors (Lipinski definition) is 0. The second kappa shape index (κ2) is 13.7. The Morgan fingerprint density at radius 1 is 0.750 bits per heavy atom. The van der Waals surface area contributed by atoms with Crippen molar-refractivity contribution in [3.05, 3.63) is 65.7 Å². The van der Waals surface area contributed by atoms with E-state index in [0.29, 0.717) is 0 Å². The van der Waals surface area contributed by atoms with E-state index in [-0.39, 0.29) is 0 Å². The van der Waals surface area contributed by atoms with Gasteiger partial charge in [-0.15, -0.1) is 0 Å². The van der Waals surface area contributed by atoms with Crippen LogP contribution in [-0.4, -0.2) is 0 Å². The number of rotatable bonds is 13. The van der Waals surface area contributed by atoms with Crippen molar-refractivity contribution in [2.24, 2.45) is 11.8 Å². The van der Waals surface area contributed by atoms with Gasteiger partial charge in [0, 0.05) is 0 Å². The van der Waals surface area contributed by atoms with Crippen LogP contribution in [0.15, 0.2) is 54.6 Å². The van der Waals surface area contributed by atoms with E-state index in [1.165, 1.54) is 106 Å². The van der Waals surface area contributed by atoms with E-state index < -0.39 is 0 Å². The van der Waals surface area contributed by atoms with Crippen LogP contribution in [-0.2, 0) is 6.42 Å². The smallest absolute Gasteiger partial charge is 0.0184 e. The molecule has 1 unspecified atom stereocenters. The molecule has 0 heteroatoms. The Kier molecular flexibility index (Phi) is 10.6. The SMILES string of the molecule is CCCCCCCc1ccc(-c2ccc(C3=CCC(CCC(CC)CC)CC3)cc2)cc1. The van der Waals surface area contributed by atoms with Gasteiger partial charge in [-0.25, -0.2) is 0 Å². The molecule has 0 heterocycles. The minimum absolute atomic E-state index is 0.906. The summed E-state index contributed by atoms with van der Waals surface area (Å²) in [5.41, 5.74) is 7.14. The molecule has 0 N–H and O–H groups in total. The zero-order valence-electron chi connectivity index (χ0n) is 21.0. The summed E-state index contributed by atoms with van der Waals surface area (Å²) < 4.78 is 0. The van der Waals surface area contributed by atoms with Crippen LogP contribution in [0, 0.1) is 11.8 Å². The van der Waals surface area contributed by atoms with Gasteiger partial charge in [0.2, 0.25) is 0 Å². The van der Waals surface area contributed by atoms with Crippen LogP contribution < -0.4 is 0 Å². The van der Waals surface area contributed by atoms with Gasteiger partial charge in [0.15, 0.2) is 0 Å². The monoisotopic (exact) mass is 430 g/mol. The number of aryl methyl sites for hydroxylation is 1. The van der Waals surface area contributed by atoms with Crippen molar-refractivity contribution in [3.8, 4) is 11.1 Å².